The number of hydrogen-bond acceptors (Lipinski definition) is 4. The van der Waals surface area contributed by atoms with E-state index in [1.807, 2.05) is 24.3 Å². The van der Waals surface area contributed by atoms with E-state index in [1.165, 1.54) is 0 Å². The summed E-state index contributed by atoms with van der Waals surface area (Å²) < 4.78 is 0.961. The van der Waals surface area contributed by atoms with Gasteiger partial charge in [-0.05, 0) is 55.2 Å². The molecule has 0 spiro atoms. The monoisotopic (exact) mass is 398 g/mol. The third-order valence-corrected chi connectivity index (χ3v) is 5.01. The van der Waals surface area contributed by atoms with Crippen LogP contribution in [-0.4, -0.2) is 30.5 Å². The number of aromatic nitrogens is 1. The summed E-state index contributed by atoms with van der Waals surface area (Å²) in [5, 5.41) is 12.2. The molecule has 1 N–H and O–H groups in total. The van der Waals surface area contributed by atoms with Gasteiger partial charge in [0.1, 0.15) is 11.9 Å². The molecule has 0 unspecified atom stereocenters. The number of nitrogens with zero attached hydrogens (tertiary/aromatic N) is 3. The van der Waals surface area contributed by atoms with Gasteiger partial charge in [-0.3, -0.25) is 4.79 Å². The first-order chi connectivity index (χ1) is 12.2. The number of rotatable bonds is 4. The van der Waals surface area contributed by atoms with Crippen molar-refractivity contribution in [3.63, 3.8) is 0 Å². The van der Waals surface area contributed by atoms with Crippen molar-refractivity contribution >= 4 is 27.7 Å². The summed E-state index contributed by atoms with van der Waals surface area (Å²) in [5.41, 5.74) is 1.29. The Labute approximate surface area is 155 Å². The van der Waals surface area contributed by atoms with Gasteiger partial charge in [-0.25, -0.2) is 4.98 Å². The van der Waals surface area contributed by atoms with Gasteiger partial charge in [0.05, 0.1) is 5.56 Å². The fourth-order valence-corrected chi connectivity index (χ4v) is 3.29. The maximum Gasteiger partial charge on any atom is 0.251 e. The smallest absolute Gasteiger partial charge is 0.251 e. The number of halogens is 1. The number of nitriles is 1. The lowest BCUT2D eigenvalue weighted by Crippen LogP contribution is -2.39. The van der Waals surface area contributed by atoms with Crippen LogP contribution in [0.25, 0.3) is 0 Å². The lowest BCUT2D eigenvalue weighted by atomic mass is 9.96. The molecule has 25 heavy (non-hydrogen) atoms. The molecule has 5 nitrogen and oxygen atoms in total. The molecule has 0 saturated carbocycles. The maximum absolute atomic E-state index is 12.2. The molecule has 0 atom stereocenters. The molecule has 1 fully saturated rings. The van der Waals surface area contributed by atoms with Crippen LogP contribution in [0.15, 0.2) is 47.1 Å². The Morgan fingerprint density at radius 2 is 2.00 bits per heavy atom. The predicted molar refractivity (Wildman–Crippen MR) is 100 cm³/mol. The molecule has 0 bridgehead atoms. The Morgan fingerprint density at radius 3 is 2.68 bits per heavy atom. The number of benzene rings is 1. The fourth-order valence-electron chi connectivity index (χ4n) is 3.03. The largest absolute Gasteiger partial charge is 0.356 e. The van der Waals surface area contributed by atoms with E-state index in [4.69, 9.17) is 0 Å². The Bertz CT molecular complexity index is 777. The van der Waals surface area contributed by atoms with E-state index in [9.17, 15) is 10.1 Å². The maximum atomic E-state index is 12.2. The molecular formula is C19H19BrN4O. The minimum absolute atomic E-state index is 0.0357. The number of piperidine rings is 1. The third kappa shape index (κ3) is 4.37. The highest BCUT2D eigenvalue weighted by Gasteiger charge is 2.22. The Hall–Kier alpha value is -2.39. The lowest BCUT2D eigenvalue weighted by Gasteiger charge is -2.33. The number of amides is 1. The zero-order valence-electron chi connectivity index (χ0n) is 13.8. The van der Waals surface area contributed by atoms with Gasteiger partial charge in [-0.2, -0.15) is 5.26 Å². The molecule has 3 rings (SSSR count). The standard InChI is InChI=1S/C19H19BrN4O/c20-17-5-3-15(4-6-17)19(25)23-13-14-7-10-24(11-8-14)18-16(12-21)2-1-9-22-18/h1-6,9,14H,7-8,10-11,13H2,(H,23,25). The van der Waals surface area contributed by atoms with Crippen LogP contribution in [0.5, 0.6) is 0 Å². The first kappa shape index (κ1) is 17.4. The zero-order chi connectivity index (χ0) is 17.6. The third-order valence-electron chi connectivity index (χ3n) is 4.48. The molecule has 128 valence electrons. The summed E-state index contributed by atoms with van der Waals surface area (Å²) in [5.74, 6) is 1.18. The minimum atomic E-state index is -0.0357. The van der Waals surface area contributed by atoms with Crippen molar-refractivity contribution in [1.29, 1.82) is 5.26 Å². The predicted octanol–water partition coefficient (Wildman–Crippen LogP) is 3.36. The second-order valence-corrected chi connectivity index (χ2v) is 7.05. The fraction of sp³-hybridized carbons (Fsp3) is 0.316. The van der Waals surface area contributed by atoms with Crippen molar-refractivity contribution in [3.05, 3.63) is 58.2 Å². The average Bonchev–Trinajstić information content (AvgIpc) is 2.67. The highest BCUT2D eigenvalue weighted by atomic mass is 79.9. The van der Waals surface area contributed by atoms with E-state index in [-0.39, 0.29) is 5.91 Å². The van der Waals surface area contributed by atoms with Crippen LogP contribution in [0.2, 0.25) is 0 Å². The van der Waals surface area contributed by atoms with E-state index in [2.05, 4.69) is 37.2 Å². The number of pyridine rings is 1. The zero-order valence-corrected chi connectivity index (χ0v) is 15.4. The molecule has 2 aromatic rings. The summed E-state index contributed by atoms with van der Waals surface area (Å²) in [6, 6.07) is 13.1. The van der Waals surface area contributed by atoms with Crippen LogP contribution in [-0.2, 0) is 0 Å². The first-order valence-electron chi connectivity index (χ1n) is 8.31. The van der Waals surface area contributed by atoms with Crippen molar-refractivity contribution < 1.29 is 4.79 Å². The first-order valence-corrected chi connectivity index (χ1v) is 9.10. The molecule has 1 saturated heterocycles. The molecule has 0 aliphatic carbocycles. The molecule has 1 amide bonds. The molecule has 1 aliphatic heterocycles. The summed E-state index contributed by atoms with van der Waals surface area (Å²) in [4.78, 5) is 18.7. The topological polar surface area (TPSA) is 69.0 Å². The second-order valence-electron chi connectivity index (χ2n) is 6.13. The SMILES string of the molecule is N#Cc1cccnc1N1CCC(CNC(=O)c2ccc(Br)cc2)CC1. The van der Waals surface area contributed by atoms with Gasteiger partial charge >= 0.3 is 0 Å². The summed E-state index contributed by atoms with van der Waals surface area (Å²) in [6.45, 7) is 2.38. The highest BCUT2D eigenvalue weighted by molar-refractivity contribution is 9.10. The van der Waals surface area contributed by atoms with Crippen LogP contribution < -0.4 is 10.2 Å². The highest BCUT2D eigenvalue weighted by Crippen LogP contribution is 2.23. The van der Waals surface area contributed by atoms with Crippen molar-refractivity contribution in [2.45, 2.75) is 12.8 Å². The van der Waals surface area contributed by atoms with Gasteiger partial charge in [0, 0.05) is 35.9 Å². The molecule has 6 heteroatoms. The van der Waals surface area contributed by atoms with E-state index in [0.717, 1.165) is 36.2 Å². The van der Waals surface area contributed by atoms with E-state index in [0.29, 0.717) is 23.6 Å². The molecule has 1 aliphatic rings. The van der Waals surface area contributed by atoms with Gasteiger partial charge in [-0.1, -0.05) is 15.9 Å². The Kier molecular flexibility index (Phi) is 5.67. The summed E-state index contributed by atoms with van der Waals surface area (Å²) in [6.07, 6.45) is 3.67. The second kappa shape index (κ2) is 8.13. The summed E-state index contributed by atoms with van der Waals surface area (Å²) in [7, 11) is 0. The molecular weight excluding hydrogens is 380 g/mol. The van der Waals surface area contributed by atoms with Crippen LogP contribution >= 0.6 is 15.9 Å². The van der Waals surface area contributed by atoms with Gasteiger partial charge in [0.2, 0.25) is 0 Å². The Balaban J connectivity index is 1.50. The van der Waals surface area contributed by atoms with Gasteiger partial charge in [0.25, 0.3) is 5.91 Å². The van der Waals surface area contributed by atoms with Gasteiger partial charge in [-0.15, -0.1) is 0 Å². The number of nitrogens with one attached hydrogen (secondary N) is 1. The van der Waals surface area contributed by atoms with Gasteiger partial charge in [0.15, 0.2) is 0 Å². The van der Waals surface area contributed by atoms with Gasteiger partial charge < -0.3 is 10.2 Å². The van der Waals surface area contributed by atoms with Crippen LogP contribution in [0.3, 0.4) is 0 Å². The molecule has 2 heterocycles. The molecule has 1 aromatic carbocycles. The van der Waals surface area contributed by atoms with Crippen LogP contribution in [0.1, 0.15) is 28.8 Å². The van der Waals surface area contributed by atoms with Crippen molar-refractivity contribution in [3.8, 4) is 6.07 Å². The summed E-state index contributed by atoms with van der Waals surface area (Å²) >= 11 is 3.37. The number of carbonyl (C=O) groups excluding carboxylic acids is 1. The van der Waals surface area contributed by atoms with Crippen molar-refractivity contribution in [1.82, 2.24) is 10.3 Å². The lowest BCUT2D eigenvalue weighted by molar-refractivity contribution is 0.0945. The Morgan fingerprint density at radius 1 is 1.28 bits per heavy atom. The quantitative estimate of drug-likeness (QED) is 0.856. The van der Waals surface area contributed by atoms with Crippen molar-refractivity contribution in [2.24, 2.45) is 5.92 Å². The van der Waals surface area contributed by atoms with E-state index < -0.39 is 0 Å². The normalized spacial score (nSPS) is 14.8. The van der Waals surface area contributed by atoms with Crippen LogP contribution in [0, 0.1) is 17.2 Å². The number of anilines is 1. The van der Waals surface area contributed by atoms with Crippen LogP contribution in [0.4, 0.5) is 5.82 Å². The number of carbonyl (C=O) groups is 1. The molecule has 0 radical (unpaired) electrons. The van der Waals surface area contributed by atoms with Crippen molar-refractivity contribution in [2.75, 3.05) is 24.5 Å². The average molecular weight is 399 g/mol. The number of hydrogen-bond donors (Lipinski definition) is 1. The minimum Gasteiger partial charge on any atom is -0.356 e. The van der Waals surface area contributed by atoms with E-state index in [1.54, 1.807) is 18.3 Å². The van der Waals surface area contributed by atoms with E-state index >= 15 is 0 Å². The molecule has 1 aromatic heterocycles.